The smallest absolute Gasteiger partial charge is 0.253 e. The van der Waals surface area contributed by atoms with Gasteiger partial charge in [-0.05, 0) is 32.0 Å². The Bertz CT molecular complexity index is 648. The van der Waals surface area contributed by atoms with E-state index >= 15 is 0 Å². The predicted octanol–water partition coefficient (Wildman–Crippen LogP) is 1.67. The van der Waals surface area contributed by atoms with E-state index < -0.39 is 0 Å². The Labute approximate surface area is 124 Å². The molecule has 0 radical (unpaired) electrons. The summed E-state index contributed by atoms with van der Waals surface area (Å²) in [6.45, 7) is 5.03. The monoisotopic (exact) mass is 287 g/mol. The molecule has 0 aliphatic rings. The van der Waals surface area contributed by atoms with Crippen LogP contribution < -0.4 is 16.4 Å². The number of nitrogens with one attached hydrogen (secondary N) is 2. The van der Waals surface area contributed by atoms with Gasteiger partial charge in [-0.1, -0.05) is 0 Å². The number of nitrogens with zero attached hydrogens (tertiary/aromatic N) is 2. The summed E-state index contributed by atoms with van der Waals surface area (Å²) in [4.78, 5) is 12.1. The summed E-state index contributed by atoms with van der Waals surface area (Å²) < 4.78 is 1.77. The van der Waals surface area contributed by atoms with Gasteiger partial charge in [-0.2, -0.15) is 5.10 Å². The highest BCUT2D eigenvalue weighted by Crippen LogP contribution is 2.20. The van der Waals surface area contributed by atoms with Crippen molar-refractivity contribution in [2.24, 2.45) is 7.05 Å². The van der Waals surface area contributed by atoms with E-state index in [0.717, 1.165) is 16.9 Å². The molecular formula is C15H21N5O. The van der Waals surface area contributed by atoms with Crippen LogP contribution in [-0.2, 0) is 13.6 Å². The van der Waals surface area contributed by atoms with Gasteiger partial charge in [-0.3, -0.25) is 9.48 Å². The van der Waals surface area contributed by atoms with Crippen LogP contribution in [0.4, 0.5) is 11.4 Å². The lowest BCUT2D eigenvalue weighted by molar-refractivity contribution is 0.0956. The molecule has 21 heavy (non-hydrogen) atoms. The topological polar surface area (TPSA) is 85.0 Å². The molecule has 0 atom stereocenters. The van der Waals surface area contributed by atoms with E-state index in [1.54, 1.807) is 22.9 Å². The van der Waals surface area contributed by atoms with Gasteiger partial charge in [0, 0.05) is 43.3 Å². The number of carbonyl (C=O) groups excluding carboxylic acids is 1. The van der Waals surface area contributed by atoms with Gasteiger partial charge in [0.25, 0.3) is 5.91 Å². The van der Waals surface area contributed by atoms with Crippen molar-refractivity contribution in [3.63, 3.8) is 0 Å². The Morgan fingerprint density at radius 2 is 2.19 bits per heavy atom. The van der Waals surface area contributed by atoms with E-state index in [2.05, 4.69) is 15.7 Å². The number of anilines is 2. The molecule has 1 heterocycles. The molecule has 0 bridgehead atoms. The number of carbonyl (C=O) groups is 1. The molecule has 6 heteroatoms. The quantitative estimate of drug-likeness (QED) is 0.730. The second-order valence-electron chi connectivity index (χ2n) is 4.93. The first-order valence-electron chi connectivity index (χ1n) is 6.92. The Kier molecular flexibility index (Phi) is 4.47. The minimum atomic E-state index is -0.108. The summed E-state index contributed by atoms with van der Waals surface area (Å²) in [5, 5.41) is 10.4. The maximum Gasteiger partial charge on any atom is 0.253 e. The summed E-state index contributed by atoms with van der Waals surface area (Å²) in [5.74, 6) is -0.108. The van der Waals surface area contributed by atoms with Gasteiger partial charge in [0.1, 0.15) is 0 Å². The highest BCUT2D eigenvalue weighted by atomic mass is 16.1. The zero-order chi connectivity index (χ0) is 15.4. The Morgan fingerprint density at radius 3 is 2.81 bits per heavy atom. The van der Waals surface area contributed by atoms with Crippen LogP contribution >= 0.6 is 0 Å². The molecule has 0 saturated heterocycles. The third-order valence-corrected chi connectivity index (χ3v) is 3.21. The standard InChI is InChI=1S/C15H21N5O/c1-4-17-15(21)13-6-5-12(16)7-14(13)18-8-11-9-20(3)19-10(11)2/h5-7,9,18H,4,8,16H2,1-3H3,(H,17,21). The number of nitrogen functional groups attached to an aromatic ring is 1. The first-order chi connectivity index (χ1) is 10.0. The SMILES string of the molecule is CCNC(=O)c1ccc(N)cc1NCc1cn(C)nc1C. The van der Waals surface area contributed by atoms with Crippen molar-refractivity contribution in [1.29, 1.82) is 0 Å². The van der Waals surface area contributed by atoms with E-state index in [0.29, 0.717) is 24.3 Å². The lowest BCUT2D eigenvalue weighted by atomic mass is 10.1. The van der Waals surface area contributed by atoms with Crippen LogP contribution in [0.15, 0.2) is 24.4 Å². The van der Waals surface area contributed by atoms with Crippen LogP contribution in [0.1, 0.15) is 28.5 Å². The van der Waals surface area contributed by atoms with Gasteiger partial charge in [0.05, 0.1) is 11.3 Å². The van der Waals surface area contributed by atoms with E-state index in [1.165, 1.54) is 0 Å². The third kappa shape index (κ3) is 3.53. The Balaban J connectivity index is 2.20. The van der Waals surface area contributed by atoms with Gasteiger partial charge in [-0.15, -0.1) is 0 Å². The maximum atomic E-state index is 12.1. The van der Waals surface area contributed by atoms with Crippen molar-refractivity contribution < 1.29 is 4.79 Å². The van der Waals surface area contributed by atoms with Crippen molar-refractivity contribution in [3.8, 4) is 0 Å². The third-order valence-electron chi connectivity index (χ3n) is 3.21. The van der Waals surface area contributed by atoms with Gasteiger partial charge in [0.2, 0.25) is 0 Å². The van der Waals surface area contributed by atoms with E-state index in [1.807, 2.05) is 27.1 Å². The Hall–Kier alpha value is -2.50. The molecule has 1 aromatic carbocycles. The van der Waals surface area contributed by atoms with Crippen molar-refractivity contribution in [2.45, 2.75) is 20.4 Å². The largest absolute Gasteiger partial charge is 0.399 e. The lowest BCUT2D eigenvalue weighted by Crippen LogP contribution is -2.24. The molecule has 4 N–H and O–H groups in total. The van der Waals surface area contributed by atoms with Gasteiger partial charge >= 0.3 is 0 Å². The number of rotatable bonds is 5. The molecule has 6 nitrogen and oxygen atoms in total. The summed E-state index contributed by atoms with van der Waals surface area (Å²) in [6.07, 6.45) is 1.96. The number of aryl methyl sites for hydroxylation is 2. The fourth-order valence-electron chi connectivity index (χ4n) is 2.17. The first-order valence-corrected chi connectivity index (χ1v) is 6.92. The lowest BCUT2D eigenvalue weighted by Gasteiger charge is -2.12. The molecule has 0 aliphatic carbocycles. The summed E-state index contributed by atoms with van der Waals surface area (Å²) in [5.41, 5.74) is 9.80. The van der Waals surface area contributed by atoms with Crippen LogP contribution in [0.25, 0.3) is 0 Å². The normalized spacial score (nSPS) is 10.4. The van der Waals surface area contributed by atoms with E-state index in [9.17, 15) is 4.79 Å². The molecule has 2 aromatic rings. The van der Waals surface area contributed by atoms with Crippen molar-refractivity contribution in [2.75, 3.05) is 17.6 Å². The molecule has 0 unspecified atom stereocenters. The van der Waals surface area contributed by atoms with Crippen LogP contribution in [0, 0.1) is 6.92 Å². The molecule has 0 spiro atoms. The number of nitrogens with two attached hydrogens (primary N) is 1. The van der Waals surface area contributed by atoms with Crippen LogP contribution in [-0.4, -0.2) is 22.2 Å². The second kappa shape index (κ2) is 6.30. The van der Waals surface area contributed by atoms with Crippen molar-refractivity contribution in [3.05, 3.63) is 41.2 Å². The molecule has 0 saturated carbocycles. The summed E-state index contributed by atoms with van der Waals surface area (Å²) >= 11 is 0. The molecule has 0 aliphatic heterocycles. The number of hydrogen-bond acceptors (Lipinski definition) is 4. The average Bonchev–Trinajstić information content (AvgIpc) is 2.75. The molecular weight excluding hydrogens is 266 g/mol. The molecule has 112 valence electrons. The highest BCUT2D eigenvalue weighted by molar-refractivity contribution is 6.00. The number of aromatic nitrogens is 2. The molecule has 1 amide bonds. The maximum absolute atomic E-state index is 12.1. The molecule has 0 fully saturated rings. The number of benzene rings is 1. The minimum Gasteiger partial charge on any atom is -0.399 e. The van der Waals surface area contributed by atoms with Gasteiger partial charge in [-0.25, -0.2) is 0 Å². The fraction of sp³-hybridized carbons (Fsp3) is 0.333. The van der Waals surface area contributed by atoms with Crippen molar-refractivity contribution >= 4 is 17.3 Å². The predicted molar refractivity (Wildman–Crippen MR) is 84.1 cm³/mol. The Morgan fingerprint density at radius 1 is 1.43 bits per heavy atom. The number of hydrogen-bond donors (Lipinski definition) is 3. The number of amides is 1. The minimum absolute atomic E-state index is 0.108. The second-order valence-corrected chi connectivity index (χ2v) is 4.93. The van der Waals surface area contributed by atoms with Crippen LogP contribution in [0.3, 0.4) is 0 Å². The van der Waals surface area contributed by atoms with Crippen molar-refractivity contribution in [1.82, 2.24) is 15.1 Å². The average molecular weight is 287 g/mol. The first kappa shape index (κ1) is 14.9. The van der Waals surface area contributed by atoms with Crippen LogP contribution in [0.2, 0.25) is 0 Å². The molecule has 1 aromatic heterocycles. The van der Waals surface area contributed by atoms with Crippen LogP contribution in [0.5, 0.6) is 0 Å². The summed E-state index contributed by atoms with van der Waals surface area (Å²) in [7, 11) is 1.89. The van der Waals surface area contributed by atoms with Gasteiger partial charge < -0.3 is 16.4 Å². The van der Waals surface area contributed by atoms with E-state index in [-0.39, 0.29) is 5.91 Å². The zero-order valence-electron chi connectivity index (χ0n) is 12.6. The zero-order valence-corrected chi connectivity index (χ0v) is 12.6. The van der Waals surface area contributed by atoms with Gasteiger partial charge in [0.15, 0.2) is 0 Å². The molecule has 2 rings (SSSR count). The summed E-state index contributed by atoms with van der Waals surface area (Å²) in [6, 6.07) is 5.24. The van der Waals surface area contributed by atoms with E-state index in [4.69, 9.17) is 5.73 Å². The highest BCUT2D eigenvalue weighted by Gasteiger charge is 2.11. The fourth-order valence-corrected chi connectivity index (χ4v) is 2.17.